The van der Waals surface area contributed by atoms with Gasteiger partial charge in [0.2, 0.25) is 5.96 Å². The van der Waals surface area contributed by atoms with Gasteiger partial charge in [0.25, 0.3) is 5.91 Å². The van der Waals surface area contributed by atoms with Crippen LogP contribution in [0.2, 0.25) is 0 Å². The zero-order valence-electron chi connectivity index (χ0n) is 17.9. The van der Waals surface area contributed by atoms with Gasteiger partial charge in [-0.05, 0) is 42.3 Å². The number of H-pyrrole nitrogens is 1. The van der Waals surface area contributed by atoms with Crippen LogP contribution < -0.4 is 10.6 Å². The number of anilines is 1. The minimum Gasteiger partial charge on any atom is -0.348 e. The van der Waals surface area contributed by atoms with Gasteiger partial charge in [0, 0.05) is 36.1 Å². The molecule has 160 valence electrons. The molecule has 0 bridgehead atoms. The molecule has 4 rings (SSSR count). The van der Waals surface area contributed by atoms with Crippen molar-refractivity contribution in [3.8, 4) is 11.1 Å². The van der Waals surface area contributed by atoms with E-state index in [9.17, 15) is 4.79 Å². The molecule has 0 aliphatic rings. The van der Waals surface area contributed by atoms with E-state index in [1.54, 1.807) is 18.6 Å². The standard InChI is InChI=1S/C26H25N5O/c1-19-7-5-11-22(15-19)25(32)31-26(28-14-13-24-17-27-18-29-24)30-23-12-6-10-21(16-23)20-8-3-2-4-9-20/h2-12,15-18H,13-14H2,1H3,(H,27,29)(H2,28,30,31,32). The van der Waals surface area contributed by atoms with Crippen LogP contribution in [-0.2, 0) is 6.42 Å². The molecule has 4 aromatic rings. The summed E-state index contributed by atoms with van der Waals surface area (Å²) in [5.74, 6) is 0.196. The number of aromatic amines is 1. The number of hydrogen-bond donors (Lipinski definition) is 3. The second-order valence-electron chi connectivity index (χ2n) is 7.45. The molecule has 6 nitrogen and oxygen atoms in total. The van der Waals surface area contributed by atoms with E-state index in [2.05, 4.69) is 43.8 Å². The van der Waals surface area contributed by atoms with E-state index < -0.39 is 0 Å². The Balaban J connectivity index is 1.54. The van der Waals surface area contributed by atoms with Gasteiger partial charge in [-0.1, -0.05) is 60.2 Å². The average Bonchev–Trinajstić information content (AvgIpc) is 3.33. The maximum Gasteiger partial charge on any atom is 0.257 e. The van der Waals surface area contributed by atoms with Crippen LogP contribution in [0.25, 0.3) is 11.1 Å². The molecule has 6 heteroatoms. The molecule has 0 saturated heterocycles. The summed E-state index contributed by atoms with van der Waals surface area (Å²) < 4.78 is 0. The number of benzene rings is 3. The first-order chi connectivity index (χ1) is 15.7. The van der Waals surface area contributed by atoms with Gasteiger partial charge in [-0.25, -0.2) is 4.98 Å². The molecule has 0 spiro atoms. The summed E-state index contributed by atoms with van der Waals surface area (Å²) in [4.78, 5) is 24.5. The highest BCUT2D eigenvalue weighted by atomic mass is 16.1. The summed E-state index contributed by atoms with van der Waals surface area (Å²) in [6.45, 7) is 2.46. The van der Waals surface area contributed by atoms with Crippen LogP contribution in [0.5, 0.6) is 0 Å². The van der Waals surface area contributed by atoms with Crippen molar-refractivity contribution in [1.29, 1.82) is 0 Å². The number of aromatic nitrogens is 2. The van der Waals surface area contributed by atoms with Crippen molar-refractivity contribution in [3.63, 3.8) is 0 Å². The lowest BCUT2D eigenvalue weighted by atomic mass is 10.1. The highest BCUT2D eigenvalue weighted by Gasteiger charge is 2.10. The fourth-order valence-electron chi connectivity index (χ4n) is 3.33. The van der Waals surface area contributed by atoms with E-state index in [0.717, 1.165) is 28.1 Å². The zero-order chi connectivity index (χ0) is 22.2. The minimum atomic E-state index is -0.208. The predicted octanol–water partition coefficient (Wildman–Crippen LogP) is 4.83. The number of amides is 1. The van der Waals surface area contributed by atoms with Gasteiger partial charge in [0.15, 0.2) is 0 Å². The quantitative estimate of drug-likeness (QED) is 0.307. The molecule has 32 heavy (non-hydrogen) atoms. The molecular weight excluding hydrogens is 398 g/mol. The lowest BCUT2D eigenvalue weighted by Gasteiger charge is -2.13. The Morgan fingerprint density at radius 2 is 1.78 bits per heavy atom. The topological polar surface area (TPSA) is 82.2 Å². The second kappa shape index (κ2) is 10.2. The summed E-state index contributed by atoms with van der Waals surface area (Å²) in [6, 6.07) is 25.7. The molecule has 0 atom stereocenters. The van der Waals surface area contributed by atoms with Crippen LogP contribution in [0.1, 0.15) is 21.6 Å². The Hall–Kier alpha value is -4.19. The van der Waals surface area contributed by atoms with E-state index >= 15 is 0 Å². The summed E-state index contributed by atoms with van der Waals surface area (Å²) in [7, 11) is 0. The Bertz CT molecular complexity index is 1200. The molecule has 0 saturated carbocycles. The molecule has 1 heterocycles. The van der Waals surface area contributed by atoms with Crippen molar-refractivity contribution in [2.24, 2.45) is 4.99 Å². The van der Waals surface area contributed by atoms with Gasteiger partial charge in [-0.2, -0.15) is 0 Å². The number of imidazole rings is 1. The van der Waals surface area contributed by atoms with Crippen LogP contribution in [0.3, 0.4) is 0 Å². The van der Waals surface area contributed by atoms with Crippen LogP contribution >= 0.6 is 0 Å². The van der Waals surface area contributed by atoms with Crippen molar-refractivity contribution in [2.75, 3.05) is 11.9 Å². The fraction of sp³-hybridized carbons (Fsp3) is 0.115. The van der Waals surface area contributed by atoms with Crippen molar-refractivity contribution >= 4 is 17.6 Å². The number of hydrogen-bond acceptors (Lipinski definition) is 3. The maximum atomic E-state index is 12.8. The number of carbonyl (C=O) groups is 1. The molecule has 1 aromatic heterocycles. The second-order valence-corrected chi connectivity index (χ2v) is 7.45. The number of carbonyl (C=O) groups excluding carboxylic acids is 1. The van der Waals surface area contributed by atoms with E-state index in [-0.39, 0.29) is 5.91 Å². The Morgan fingerprint density at radius 3 is 2.56 bits per heavy atom. The first kappa shape index (κ1) is 21.1. The van der Waals surface area contributed by atoms with Gasteiger partial charge in [0.05, 0.1) is 6.33 Å². The summed E-state index contributed by atoms with van der Waals surface area (Å²) in [5, 5.41) is 6.20. The number of aliphatic imine (C=N–C) groups is 1. The van der Waals surface area contributed by atoms with Gasteiger partial charge in [-0.15, -0.1) is 0 Å². The first-order valence-electron chi connectivity index (χ1n) is 10.5. The smallest absolute Gasteiger partial charge is 0.257 e. The van der Waals surface area contributed by atoms with E-state index in [1.165, 1.54) is 0 Å². The third-order valence-electron chi connectivity index (χ3n) is 4.95. The number of guanidine groups is 1. The molecule has 0 radical (unpaired) electrons. The number of rotatable bonds is 6. The first-order valence-corrected chi connectivity index (χ1v) is 10.5. The van der Waals surface area contributed by atoms with Crippen LogP contribution in [0, 0.1) is 6.92 Å². The van der Waals surface area contributed by atoms with E-state index in [4.69, 9.17) is 0 Å². The predicted molar refractivity (Wildman–Crippen MR) is 129 cm³/mol. The number of nitrogens with zero attached hydrogens (tertiary/aromatic N) is 2. The average molecular weight is 424 g/mol. The largest absolute Gasteiger partial charge is 0.348 e. The normalized spacial score (nSPS) is 11.2. The van der Waals surface area contributed by atoms with Crippen molar-refractivity contribution in [3.05, 3.63) is 108 Å². The molecule has 0 fully saturated rings. The SMILES string of the molecule is Cc1cccc(C(=O)NC(=NCCc2cnc[nH]2)Nc2cccc(-c3ccccc3)c2)c1. The summed E-state index contributed by atoms with van der Waals surface area (Å²) in [5.41, 5.74) is 5.65. The van der Waals surface area contributed by atoms with Gasteiger partial charge in [-0.3, -0.25) is 15.1 Å². The Kier molecular flexibility index (Phi) is 6.72. The lowest BCUT2D eigenvalue weighted by Crippen LogP contribution is -2.36. The molecule has 0 unspecified atom stereocenters. The molecule has 1 amide bonds. The van der Waals surface area contributed by atoms with Crippen molar-refractivity contribution < 1.29 is 4.79 Å². The van der Waals surface area contributed by atoms with Gasteiger partial charge >= 0.3 is 0 Å². The fourth-order valence-corrected chi connectivity index (χ4v) is 3.33. The molecular formula is C26H25N5O. The monoisotopic (exact) mass is 423 g/mol. The molecule has 3 N–H and O–H groups in total. The zero-order valence-corrected chi connectivity index (χ0v) is 17.9. The van der Waals surface area contributed by atoms with Gasteiger partial charge in [0.1, 0.15) is 0 Å². The van der Waals surface area contributed by atoms with Crippen molar-refractivity contribution in [1.82, 2.24) is 15.3 Å². The van der Waals surface area contributed by atoms with Crippen LogP contribution in [0.4, 0.5) is 5.69 Å². The minimum absolute atomic E-state index is 0.208. The highest BCUT2D eigenvalue weighted by Crippen LogP contribution is 2.22. The maximum absolute atomic E-state index is 12.8. The van der Waals surface area contributed by atoms with Gasteiger partial charge < -0.3 is 10.3 Å². The van der Waals surface area contributed by atoms with E-state index in [0.29, 0.717) is 24.5 Å². The molecule has 3 aromatic carbocycles. The third kappa shape index (κ3) is 5.70. The molecule has 0 aliphatic heterocycles. The summed E-state index contributed by atoms with van der Waals surface area (Å²) in [6.07, 6.45) is 4.11. The summed E-state index contributed by atoms with van der Waals surface area (Å²) >= 11 is 0. The Labute approximate surface area is 187 Å². The Morgan fingerprint density at radius 1 is 0.969 bits per heavy atom. The number of aryl methyl sites for hydroxylation is 1. The molecule has 0 aliphatic carbocycles. The number of nitrogens with one attached hydrogen (secondary N) is 3. The lowest BCUT2D eigenvalue weighted by molar-refractivity contribution is 0.0977. The highest BCUT2D eigenvalue weighted by molar-refractivity contribution is 6.10. The van der Waals surface area contributed by atoms with E-state index in [1.807, 2.05) is 61.5 Å². The van der Waals surface area contributed by atoms with Crippen LogP contribution in [-0.4, -0.2) is 28.4 Å². The third-order valence-corrected chi connectivity index (χ3v) is 4.95. The van der Waals surface area contributed by atoms with Crippen molar-refractivity contribution in [2.45, 2.75) is 13.3 Å². The van der Waals surface area contributed by atoms with Crippen LogP contribution in [0.15, 0.2) is 96.4 Å².